The molecule has 0 radical (unpaired) electrons. The SMILES string of the molecule is Cc1ccc(Cn2ccccc2=NC(=O)c2n[nH]c3c2CNCC3)cc1.Cl. The maximum Gasteiger partial charge on any atom is 0.299 e. The first-order valence-corrected chi connectivity index (χ1v) is 8.77. The summed E-state index contributed by atoms with van der Waals surface area (Å²) < 4.78 is 1.97. The van der Waals surface area contributed by atoms with Gasteiger partial charge in [-0.05, 0) is 24.6 Å². The van der Waals surface area contributed by atoms with E-state index in [4.69, 9.17) is 0 Å². The predicted octanol–water partition coefficient (Wildman–Crippen LogP) is 2.38. The van der Waals surface area contributed by atoms with E-state index < -0.39 is 0 Å². The van der Waals surface area contributed by atoms with Gasteiger partial charge in [0.15, 0.2) is 5.69 Å². The lowest BCUT2D eigenvalue weighted by molar-refractivity contribution is 0.0991. The number of hydrogen-bond donors (Lipinski definition) is 2. The minimum absolute atomic E-state index is 0. The lowest BCUT2D eigenvalue weighted by Crippen LogP contribution is -2.25. The van der Waals surface area contributed by atoms with E-state index in [0.29, 0.717) is 24.3 Å². The average Bonchev–Trinajstić information content (AvgIpc) is 3.09. The molecule has 1 aliphatic heterocycles. The molecule has 1 amide bonds. The Hall–Kier alpha value is -2.70. The first-order valence-electron chi connectivity index (χ1n) is 8.77. The molecule has 0 bridgehead atoms. The van der Waals surface area contributed by atoms with Gasteiger partial charge in [-0.2, -0.15) is 10.1 Å². The first-order chi connectivity index (χ1) is 12.7. The fourth-order valence-electron chi connectivity index (χ4n) is 3.15. The summed E-state index contributed by atoms with van der Waals surface area (Å²) in [6.45, 7) is 4.28. The summed E-state index contributed by atoms with van der Waals surface area (Å²) in [7, 11) is 0. The molecule has 3 aromatic rings. The van der Waals surface area contributed by atoms with Crippen LogP contribution in [-0.2, 0) is 19.5 Å². The van der Waals surface area contributed by atoms with Crippen LogP contribution in [0, 0.1) is 6.92 Å². The molecule has 1 aliphatic rings. The molecule has 2 aromatic heterocycles. The number of nitrogens with zero attached hydrogens (tertiary/aromatic N) is 3. The molecule has 1 aromatic carbocycles. The van der Waals surface area contributed by atoms with E-state index in [1.807, 2.05) is 29.0 Å². The molecular formula is C20H22ClN5O. The average molecular weight is 384 g/mol. The van der Waals surface area contributed by atoms with Crippen molar-refractivity contribution in [1.29, 1.82) is 0 Å². The number of aromatic amines is 1. The van der Waals surface area contributed by atoms with E-state index in [1.54, 1.807) is 0 Å². The third-order valence-electron chi connectivity index (χ3n) is 4.62. The Balaban J connectivity index is 0.00000210. The van der Waals surface area contributed by atoms with E-state index in [-0.39, 0.29) is 18.3 Å². The van der Waals surface area contributed by atoms with Crippen LogP contribution in [0.1, 0.15) is 32.9 Å². The molecule has 0 fully saturated rings. The summed E-state index contributed by atoms with van der Waals surface area (Å²) in [6.07, 6.45) is 2.79. The lowest BCUT2D eigenvalue weighted by atomic mass is 10.1. The summed E-state index contributed by atoms with van der Waals surface area (Å²) in [4.78, 5) is 17.0. The number of halogens is 1. The van der Waals surface area contributed by atoms with Crippen molar-refractivity contribution in [2.45, 2.75) is 26.4 Å². The van der Waals surface area contributed by atoms with Crippen molar-refractivity contribution in [2.75, 3.05) is 6.54 Å². The second-order valence-electron chi connectivity index (χ2n) is 6.55. The largest absolute Gasteiger partial charge is 0.328 e. The van der Waals surface area contributed by atoms with Gasteiger partial charge in [-0.3, -0.25) is 9.89 Å². The lowest BCUT2D eigenvalue weighted by Gasteiger charge is -2.12. The van der Waals surface area contributed by atoms with Crippen molar-refractivity contribution in [3.05, 3.63) is 82.2 Å². The van der Waals surface area contributed by atoms with Crippen molar-refractivity contribution in [3.8, 4) is 0 Å². The molecule has 6 nitrogen and oxygen atoms in total. The monoisotopic (exact) mass is 383 g/mol. The van der Waals surface area contributed by atoms with E-state index >= 15 is 0 Å². The predicted molar refractivity (Wildman–Crippen MR) is 106 cm³/mol. The van der Waals surface area contributed by atoms with E-state index in [0.717, 1.165) is 29.8 Å². The molecule has 2 N–H and O–H groups in total. The number of aromatic nitrogens is 3. The third kappa shape index (κ3) is 4.18. The van der Waals surface area contributed by atoms with Gasteiger partial charge < -0.3 is 9.88 Å². The quantitative estimate of drug-likeness (QED) is 0.729. The Kier molecular flexibility index (Phi) is 5.88. The van der Waals surface area contributed by atoms with Crippen molar-refractivity contribution in [1.82, 2.24) is 20.1 Å². The van der Waals surface area contributed by atoms with E-state index in [9.17, 15) is 4.79 Å². The number of hydrogen-bond acceptors (Lipinski definition) is 3. The van der Waals surface area contributed by atoms with Gasteiger partial charge in [-0.15, -0.1) is 12.4 Å². The summed E-state index contributed by atoms with van der Waals surface area (Å²) in [5, 5.41) is 10.5. The molecule has 0 atom stereocenters. The number of pyridine rings is 1. The summed E-state index contributed by atoms with van der Waals surface area (Å²) >= 11 is 0. The topological polar surface area (TPSA) is 75.1 Å². The van der Waals surface area contributed by atoms with Crippen molar-refractivity contribution in [2.24, 2.45) is 4.99 Å². The van der Waals surface area contributed by atoms with Crippen LogP contribution in [0.4, 0.5) is 0 Å². The summed E-state index contributed by atoms with van der Waals surface area (Å²) in [5.41, 5.74) is 5.39. The van der Waals surface area contributed by atoms with Crippen molar-refractivity contribution < 1.29 is 4.79 Å². The Morgan fingerprint density at radius 2 is 2.04 bits per heavy atom. The standard InChI is InChI=1S/C20H21N5O.ClH/c1-14-5-7-15(8-6-14)13-25-11-3-2-4-18(25)22-20(26)19-16-12-21-10-9-17(16)23-24-19;/h2-8,11,21H,9-10,12-13H2,1H3,(H,23,24);1H. The van der Waals surface area contributed by atoms with Crippen LogP contribution in [0.5, 0.6) is 0 Å². The van der Waals surface area contributed by atoms with Gasteiger partial charge >= 0.3 is 0 Å². The third-order valence-corrected chi connectivity index (χ3v) is 4.62. The Morgan fingerprint density at radius 1 is 1.22 bits per heavy atom. The van der Waals surface area contributed by atoms with Crippen LogP contribution in [0.3, 0.4) is 0 Å². The van der Waals surface area contributed by atoms with Crippen LogP contribution >= 0.6 is 12.4 Å². The Bertz CT molecular complexity index is 1000. The minimum Gasteiger partial charge on any atom is -0.328 e. The molecule has 0 aliphatic carbocycles. The number of fused-ring (bicyclic) bond motifs is 1. The van der Waals surface area contributed by atoms with Gasteiger partial charge in [0.25, 0.3) is 5.91 Å². The summed E-state index contributed by atoms with van der Waals surface area (Å²) in [6, 6.07) is 14.0. The molecule has 0 saturated carbocycles. The highest BCUT2D eigenvalue weighted by molar-refractivity contribution is 5.94. The Morgan fingerprint density at radius 3 is 2.85 bits per heavy atom. The number of aryl methyl sites for hydroxylation is 1. The molecule has 4 rings (SSSR count). The van der Waals surface area contributed by atoms with Gasteiger partial charge in [0.05, 0.1) is 0 Å². The molecule has 27 heavy (non-hydrogen) atoms. The number of carbonyl (C=O) groups excluding carboxylic acids is 1. The number of carbonyl (C=O) groups is 1. The molecule has 7 heteroatoms. The smallest absolute Gasteiger partial charge is 0.299 e. The van der Waals surface area contributed by atoms with Crippen LogP contribution < -0.4 is 10.8 Å². The molecule has 0 saturated heterocycles. The zero-order valence-electron chi connectivity index (χ0n) is 15.1. The van der Waals surface area contributed by atoms with Crippen LogP contribution in [0.15, 0.2) is 53.7 Å². The first kappa shape index (κ1) is 19.1. The van der Waals surface area contributed by atoms with Crippen molar-refractivity contribution >= 4 is 18.3 Å². The highest BCUT2D eigenvalue weighted by atomic mass is 35.5. The highest BCUT2D eigenvalue weighted by Gasteiger charge is 2.21. The molecular weight excluding hydrogens is 362 g/mol. The highest BCUT2D eigenvalue weighted by Crippen LogP contribution is 2.15. The molecule has 3 heterocycles. The van der Waals surface area contributed by atoms with Gasteiger partial charge in [-0.25, -0.2) is 0 Å². The number of H-pyrrole nitrogens is 1. The summed E-state index contributed by atoms with van der Waals surface area (Å²) in [5.74, 6) is -0.310. The maximum atomic E-state index is 12.7. The van der Waals surface area contributed by atoms with E-state index in [1.165, 1.54) is 5.56 Å². The minimum atomic E-state index is -0.310. The maximum absolute atomic E-state index is 12.7. The van der Waals surface area contributed by atoms with Crippen LogP contribution in [-0.4, -0.2) is 27.2 Å². The molecule has 0 spiro atoms. The number of rotatable bonds is 3. The van der Waals surface area contributed by atoms with Gasteiger partial charge in [-0.1, -0.05) is 35.9 Å². The zero-order chi connectivity index (χ0) is 17.9. The number of nitrogens with one attached hydrogen (secondary N) is 2. The van der Waals surface area contributed by atoms with Crippen molar-refractivity contribution in [3.63, 3.8) is 0 Å². The molecule has 0 unspecified atom stereocenters. The fourth-order valence-corrected chi connectivity index (χ4v) is 3.15. The van der Waals surface area contributed by atoms with Crippen LogP contribution in [0.2, 0.25) is 0 Å². The molecule has 140 valence electrons. The number of benzene rings is 1. The fraction of sp³-hybridized carbons (Fsp3) is 0.250. The van der Waals surface area contributed by atoms with Gasteiger partial charge in [0, 0.05) is 43.5 Å². The van der Waals surface area contributed by atoms with Crippen LogP contribution in [0.25, 0.3) is 0 Å². The van der Waals surface area contributed by atoms with Gasteiger partial charge in [0.1, 0.15) is 5.49 Å². The number of amides is 1. The van der Waals surface area contributed by atoms with Gasteiger partial charge in [0.2, 0.25) is 0 Å². The second-order valence-corrected chi connectivity index (χ2v) is 6.55. The van der Waals surface area contributed by atoms with E-state index in [2.05, 4.69) is 51.7 Å². The zero-order valence-corrected chi connectivity index (χ0v) is 15.9. The second kappa shape index (κ2) is 8.33. The Labute approximate surface area is 163 Å². The normalized spacial score (nSPS) is 13.7.